The first-order valence-electron chi connectivity index (χ1n) is 15.8. The predicted octanol–water partition coefficient (Wildman–Crippen LogP) is 6.45. The van der Waals surface area contributed by atoms with Crippen molar-refractivity contribution in [1.82, 2.24) is 14.8 Å². The highest BCUT2D eigenvalue weighted by molar-refractivity contribution is 6.17. The second kappa shape index (κ2) is 13.4. The summed E-state index contributed by atoms with van der Waals surface area (Å²) in [5.41, 5.74) is 4.69. The van der Waals surface area contributed by atoms with E-state index in [0.29, 0.717) is 57.4 Å². The van der Waals surface area contributed by atoms with Crippen molar-refractivity contribution in [2.45, 2.75) is 33.2 Å². The summed E-state index contributed by atoms with van der Waals surface area (Å²) in [5.74, 6) is 1.54. The number of carbonyl (C=O) groups is 1. The molecule has 1 saturated heterocycles. The third-order valence-corrected chi connectivity index (χ3v) is 9.03. The minimum atomic E-state index is -0.474. The number of aromatic hydroxyl groups is 1. The Morgan fingerprint density at radius 1 is 1.04 bits per heavy atom. The Morgan fingerprint density at radius 3 is 2.52 bits per heavy atom. The zero-order valence-electron chi connectivity index (χ0n) is 27.1. The van der Waals surface area contributed by atoms with E-state index in [0.717, 1.165) is 48.6 Å². The number of phenolic OH excluding ortho intramolecular Hbond substituents is 1. The minimum absolute atomic E-state index is 0.0867. The monoisotopic (exact) mass is 623 g/mol. The van der Waals surface area contributed by atoms with E-state index in [1.807, 2.05) is 49.4 Å². The van der Waals surface area contributed by atoms with E-state index in [9.17, 15) is 9.90 Å². The number of aromatic nitrogens is 1. The second-order valence-electron chi connectivity index (χ2n) is 11.8. The van der Waals surface area contributed by atoms with E-state index in [-0.39, 0.29) is 18.4 Å². The molecule has 0 radical (unpaired) electrons. The van der Waals surface area contributed by atoms with E-state index in [4.69, 9.17) is 18.6 Å². The van der Waals surface area contributed by atoms with Crippen LogP contribution < -0.4 is 9.47 Å². The summed E-state index contributed by atoms with van der Waals surface area (Å²) < 4.78 is 23.6. The van der Waals surface area contributed by atoms with Gasteiger partial charge in [0.15, 0.2) is 0 Å². The van der Waals surface area contributed by atoms with Crippen molar-refractivity contribution >= 4 is 27.7 Å². The van der Waals surface area contributed by atoms with Crippen LogP contribution in [-0.4, -0.2) is 79.4 Å². The van der Waals surface area contributed by atoms with Gasteiger partial charge in [-0.15, -0.1) is 0 Å². The number of fused-ring (bicyclic) bond motifs is 3. The maximum absolute atomic E-state index is 13.5. The Labute approximate surface area is 269 Å². The van der Waals surface area contributed by atoms with Crippen molar-refractivity contribution in [2.75, 3.05) is 53.6 Å². The van der Waals surface area contributed by atoms with Crippen LogP contribution in [0.5, 0.6) is 17.2 Å². The molecule has 0 bridgehead atoms. The second-order valence-corrected chi connectivity index (χ2v) is 11.8. The number of esters is 1. The first kappa shape index (κ1) is 31.4. The van der Waals surface area contributed by atoms with Gasteiger partial charge in [0.05, 0.1) is 26.4 Å². The third-order valence-electron chi connectivity index (χ3n) is 9.03. The molecule has 1 aliphatic rings. The number of benzene rings is 3. The zero-order valence-corrected chi connectivity index (χ0v) is 27.1. The number of ether oxygens (including phenoxy) is 3. The van der Waals surface area contributed by atoms with Gasteiger partial charge >= 0.3 is 5.97 Å². The van der Waals surface area contributed by atoms with E-state index in [1.165, 1.54) is 0 Å². The van der Waals surface area contributed by atoms with E-state index < -0.39 is 5.97 Å². The van der Waals surface area contributed by atoms with Gasteiger partial charge in [0.2, 0.25) is 0 Å². The van der Waals surface area contributed by atoms with Crippen molar-refractivity contribution in [3.63, 3.8) is 0 Å². The van der Waals surface area contributed by atoms with Gasteiger partial charge in [-0.3, -0.25) is 9.88 Å². The fraction of sp³-hybridized carbons (Fsp3) is 0.351. The molecule has 240 valence electrons. The fourth-order valence-corrected chi connectivity index (χ4v) is 6.59. The highest BCUT2D eigenvalue weighted by atomic mass is 16.5. The number of pyridine rings is 1. The van der Waals surface area contributed by atoms with Crippen LogP contribution in [0.2, 0.25) is 0 Å². The van der Waals surface area contributed by atoms with Gasteiger partial charge in [-0.2, -0.15) is 0 Å². The molecular formula is C37H41N3O6. The molecule has 0 aliphatic carbocycles. The first-order chi connectivity index (χ1) is 22.3. The van der Waals surface area contributed by atoms with Crippen molar-refractivity contribution in [2.24, 2.45) is 0 Å². The van der Waals surface area contributed by atoms with Gasteiger partial charge < -0.3 is 28.6 Å². The average molecular weight is 624 g/mol. The summed E-state index contributed by atoms with van der Waals surface area (Å²) in [5, 5.41) is 14.2. The van der Waals surface area contributed by atoms with Gasteiger partial charge in [-0.05, 0) is 80.9 Å². The molecule has 9 heteroatoms. The number of piperazine rings is 1. The highest BCUT2D eigenvalue weighted by Gasteiger charge is 2.35. The average Bonchev–Trinajstić information content (AvgIpc) is 3.41. The van der Waals surface area contributed by atoms with Crippen LogP contribution in [-0.2, 0) is 11.2 Å². The number of furan rings is 1. The van der Waals surface area contributed by atoms with Crippen molar-refractivity contribution in [3.05, 3.63) is 94.5 Å². The molecule has 1 fully saturated rings. The van der Waals surface area contributed by atoms with Gasteiger partial charge in [-0.1, -0.05) is 12.1 Å². The molecule has 1 unspecified atom stereocenters. The minimum Gasteiger partial charge on any atom is -0.507 e. The molecular weight excluding hydrogens is 582 g/mol. The number of hydrogen-bond donors (Lipinski definition) is 1. The van der Waals surface area contributed by atoms with Crippen LogP contribution >= 0.6 is 0 Å². The zero-order chi connectivity index (χ0) is 32.4. The topological polar surface area (TPSA) is 97.5 Å². The molecule has 1 N–H and O–H groups in total. The Kier molecular flexibility index (Phi) is 9.15. The van der Waals surface area contributed by atoms with Crippen molar-refractivity contribution in [3.8, 4) is 17.2 Å². The van der Waals surface area contributed by atoms with Crippen LogP contribution in [0.3, 0.4) is 0 Å². The third kappa shape index (κ3) is 5.88. The quantitative estimate of drug-likeness (QED) is 0.176. The SMILES string of the molecule is CCOC(=O)c1c(C)oc2c1c(C(c1ccncc1)N1CCN(C)CC1)c(O)c1cc(OCCc3cccc(OC)c3C)ccc12. The predicted molar refractivity (Wildman–Crippen MR) is 178 cm³/mol. The Hall–Kier alpha value is -4.60. The van der Waals surface area contributed by atoms with E-state index in [2.05, 4.69) is 27.9 Å². The molecule has 0 spiro atoms. The molecule has 0 saturated carbocycles. The lowest BCUT2D eigenvalue weighted by Crippen LogP contribution is -2.46. The van der Waals surface area contributed by atoms with E-state index in [1.54, 1.807) is 33.4 Å². The molecule has 5 aromatic rings. The number of nitrogens with zero attached hydrogens (tertiary/aromatic N) is 3. The van der Waals surface area contributed by atoms with Gasteiger partial charge in [0.25, 0.3) is 0 Å². The number of rotatable bonds is 10. The number of carbonyl (C=O) groups excluding carboxylic acids is 1. The maximum atomic E-state index is 13.5. The number of likely N-dealkylation sites (N-methyl/N-ethyl adjacent to an activating group) is 1. The number of aryl methyl sites for hydroxylation is 1. The lowest BCUT2D eigenvalue weighted by molar-refractivity contribution is 0.0526. The van der Waals surface area contributed by atoms with E-state index >= 15 is 0 Å². The van der Waals surface area contributed by atoms with Crippen LogP contribution in [0, 0.1) is 13.8 Å². The standard InChI is InChI=1S/C37H41N3O6/c1-6-44-37(42)31-24(3)46-36-28-11-10-27(45-21-14-25-8-7-9-30(43-5)23(25)2)22-29(28)35(41)33(32(31)36)34(26-12-15-38-16-13-26)40-19-17-39(4)18-20-40/h7-13,15-16,22,34,41H,6,14,17-21H2,1-5H3. The van der Waals surface area contributed by atoms with Crippen molar-refractivity contribution < 1.29 is 28.5 Å². The number of phenols is 1. The molecule has 46 heavy (non-hydrogen) atoms. The summed E-state index contributed by atoms with van der Waals surface area (Å²) in [6.07, 6.45) is 4.22. The molecule has 1 atom stereocenters. The lowest BCUT2D eigenvalue weighted by Gasteiger charge is -2.39. The van der Waals surface area contributed by atoms with Gasteiger partial charge in [0, 0.05) is 66.7 Å². The Morgan fingerprint density at radius 2 is 1.80 bits per heavy atom. The summed E-state index contributed by atoms with van der Waals surface area (Å²) in [7, 11) is 3.79. The largest absolute Gasteiger partial charge is 0.507 e. The smallest absolute Gasteiger partial charge is 0.342 e. The van der Waals surface area contributed by atoms with Gasteiger partial charge in [0.1, 0.15) is 34.2 Å². The molecule has 3 aromatic carbocycles. The lowest BCUT2D eigenvalue weighted by atomic mass is 9.89. The molecule has 0 amide bonds. The van der Waals surface area contributed by atoms with Crippen LogP contribution in [0.4, 0.5) is 0 Å². The van der Waals surface area contributed by atoms with Crippen molar-refractivity contribution in [1.29, 1.82) is 0 Å². The molecule has 1 aliphatic heterocycles. The number of hydrogen-bond acceptors (Lipinski definition) is 9. The summed E-state index contributed by atoms with van der Waals surface area (Å²) >= 11 is 0. The highest BCUT2D eigenvalue weighted by Crippen LogP contribution is 2.48. The first-order valence-corrected chi connectivity index (χ1v) is 15.8. The van der Waals surface area contributed by atoms with Crippen LogP contribution in [0.1, 0.15) is 51.3 Å². The number of methoxy groups -OCH3 is 1. The summed E-state index contributed by atoms with van der Waals surface area (Å²) in [4.78, 5) is 22.4. The van der Waals surface area contributed by atoms with Gasteiger partial charge in [-0.25, -0.2) is 4.79 Å². The Bertz CT molecular complexity index is 1860. The summed E-state index contributed by atoms with van der Waals surface area (Å²) in [6.45, 7) is 9.58. The maximum Gasteiger partial charge on any atom is 0.342 e. The molecule has 6 rings (SSSR count). The Balaban J connectivity index is 1.50. The summed E-state index contributed by atoms with van der Waals surface area (Å²) in [6, 6.07) is 15.2. The molecule has 9 nitrogen and oxygen atoms in total. The van der Waals surface area contributed by atoms with Crippen LogP contribution in [0.15, 0.2) is 65.3 Å². The normalized spacial score (nSPS) is 14.9. The molecule has 3 heterocycles. The van der Waals surface area contributed by atoms with Crippen LogP contribution in [0.25, 0.3) is 21.7 Å². The molecule has 2 aromatic heterocycles. The fourth-order valence-electron chi connectivity index (χ4n) is 6.59.